The van der Waals surface area contributed by atoms with Crippen LogP contribution in [-0.4, -0.2) is 10.9 Å². The lowest BCUT2D eigenvalue weighted by Gasteiger charge is -2.00. The van der Waals surface area contributed by atoms with E-state index in [0.717, 1.165) is 17.0 Å². The molecule has 0 saturated heterocycles. The third-order valence-corrected chi connectivity index (χ3v) is 2.01. The predicted molar refractivity (Wildman–Crippen MR) is 41.4 cm³/mol. The minimum atomic E-state index is 0.0388. The van der Waals surface area contributed by atoms with Gasteiger partial charge in [0.1, 0.15) is 0 Å². The third-order valence-electron chi connectivity index (χ3n) is 2.01. The molecule has 0 bridgehead atoms. The second-order valence-electron chi connectivity index (χ2n) is 2.97. The van der Waals surface area contributed by atoms with Gasteiger partial charge in [-0.3, -0.25) is 4.79 Å². The van der Waals surface area contributed by atoms with Crippen LogP contribution in [0.15, 0.2) is 6.07 Å². The summed E-state index contributed by atoms with van der Waals surface area (Å²) in [5.74, 6) is 0.0388. The van der Waals surface area contributed by atoms with E-state index in [1.165, 1.54) is 0 Å². The highest BCUT2D eigenvalue weighted by molar-refractivity contribution is 5.98. The highest BCUT2D eigenvalue weighted by Gasteiger charge is 2.26. The molecule has 0 fully saturated rings. The van der Waals surface area contributed by atoms with Gasteiger partial charge in [0.2, 0.25) is 0 Å². The van der Waals surface area contributed by atoms with Gasteiger partial charge in [0.25, 0.3) is 5.91 Å². The van der Waals surface area contributed by atoms with Crippen LogP contribution in [0, 0.1) is 6.92 Å². The Labute approximate surface area is 64.8 Å². The molecule has 3 nitrogen and oxygen atoms in total. The van der Waals surface area contributed by atoms with Crippen molar-refractivity contribution in [3.05, 3.63) is 23.0 Å². The molecule has 11 heavy (non-hydrogen) atoms. The predicted octanol–water partition coefficient (Wildman–Crippen LogP) is 1.13. The molecule has 2 rings (SSSR count). The largest absolute Gasteiger partial charge is 0.360 e. The van der Waals surface area contributed by atoms with E-state index >= 15 is 0 Å². The smallest absolute Gasteiger partial charge is 0.253 e. The number of aryl methyl sites for hydroxylation is 1. The number of H-pyrrole nitrogens is 1. The van der Waals surface area contributed by atoms with Crippen LogP contribution in [0.2, 0.25) is 0 Å². The molecule has 0 aliphatic carbocycles. The van der Waals surface area contributed by atoms with Crippen molar-refractivity contribution >= 4 is 5.91 Å². The second-order valence-corrected chi connectivity index (χ2v) is 2.97. The monoisotopic (exact) mass is 150 g/mol. The van der Waals surface area contributed by atoms with Crippen LogP contribution in [0.1, 0.15) is 34.7 Å². The number of rotatable bonds is 0. The summed E-state index contributed by atoms with van der Waals surface area (Å²) in [7, 11) is 0. The number of hydrogen-bond donors (Lipinski definition) is 2. The van der Waals surface area contributed by atoms with Gasteiger partial charge in [0.05, 0.1) is 17.3 Å². The topological polar surface area (TPSA) is 44.9 Å². The zero-order chi connectivity index (χ0) is 8.01. The van der Waals surface area contributed by atoms with Crippen LogP contribution in [-0.2, 0) is 0 Å². The van der Waals surface area contributed by atoms with E-state index in [2.05, 4.69) is 10.3 Å². The van der Waals surface area contributed by atoms with Gasteiger partial charge >= 0.3 is 0 Å². The van der Waals surface area contributed by atoms with Crippen molar-refractivity contribution in [3.63, 3.8) is 0 Å². The van der Waals surface area contributed by atoms with Crippen molar-refractivity contribution < 1.29 is 4.79 Å². The van der Waals surface area contributed by atoms with Crippen LogP contribution in [0.4, 0.5) is 0 Å². The summed E-state index contributed by atoms with van der Waals surface area (Å²) < 4.78 is 0. The average Bonchev–Trinajstić information content (AvgIpc) is 2.38. The minimum Gasteiger partial charge on any atom is -0.360 e. The highest BCUT2D eigenvalue weighted by Crippen LogP contribution is 2.24. The Kier molecular flexibility index (Phi) is 1.10. The van der Waals surface area contributed by atoms with E-state index in [0.29, 0.717) is 0 Å². The van der Waals surface area contributed by atoms with E-state index in [4.69, 9.17) is 0 Å². The number of amides is 1. The Morgan fingerprint density at radius 1 is 1.55 bits per heavy atom. The first kappa shape index (κ1) is 6.46. The fraction of sp³-hybridized carbons (Fsp3) is 0.375. The molecule has 0 saturated carbocycles. The standard InChI is InChI=1S/C8H10N2O/c1-4-3-6-7(9-4)5(2)10-8(6)11/h3,5,9H,1-2H3,(H,10,11)/t5-/m1/s1. The first-order chi connectivity index (χ1) is 5.18. The molecule has 1 aromatic heterocycles. The van der Waals surface area contributed by atoms with E-state index in [1.54, 1.807) is 0 Å². The van der Waals surface area contributed by atoms with Crippen LogP contribution in [0.25, 0.3) is 0 Å². The summed E-state index contributed by atoms with van der Waals surface area (Å²) >= 11 is 0. The third kappa shape index (κ3) is 0.770. The van der Waals surface area contributed by atoms with Gasteiger partial charge in [-0.05, 0) is 19.9 Å². The summed E-state index contributed by atoms with van der Waals surface area (Å²) in [5.41, 5.74) is 2.87. The molecule has 58 valence electrons. The molecule has 2 heterocycles. The molecule has 0 radical (unpaired) electrons. The Hall–Kier alpha value is -1.25. The maximum Gasteiger partial charge on any atom is 0.253 e. The van der Waals surface area contributed by atoms with E-state index in [-0.39, 0.29) is 11.9 Å². The van der Waals surface area contributed by atoms with Crippen LogP contribution >= 0.6 is 0 Å². The van der Waals surface area contributed by atoms with Gasteiger partial charge < -0.3 is 10.3 Å². The molecule has 2 N–H and O–H groups in total. The number of aromatic nitrogens is 1. The van der Waals surface area contributed by atoms with Crippen molar-refractivity contribution in [2.24, 2.45) is 0 Å². The summed E-state index contributed by atoms with van der Waals surface area (Å²) in [6.45, 7) is 3.93. The van der Waals surface area contributed by atoms with Gasteiger partial charge in [-0.1, -0.05) is 0 Å². The van der Waals surface area contributed by atoms with Crippen molar-refractivity contribution in [1.29, 1.82) is 0 Å². The van der Waals surface area contributed by atoms with Crippen molar-refractivity contribution in [3.8, 4) is 0 Å². The summed E-state index contributed by atoms with van der Waals surface area (Å²) in [6, 6.07) is 2.03. The van der Waals surface area contributed by atoms with Crippen molar-refractivity contribution in [1.82, 2.24) is 10.3 Å². The first-order valence-corrected chi connectivity index (χ1v) is 3.69. The van der Waals surface area contributed by atoms with Crippen LogP contribution in [0.3, 0.4) is 0 Å². The number of carbonyl (C=O) groups is 1. The Morgan fingerprint density at radius 2 is 2.27 bits per heavy atom. The molecular weight excluding hydrogens is 140 g/mol. The first-order valence-electron chi connectivity index (χ1n) is 3.69. The second kappa shape index (κ2) is 1.87. The lowest BCUT2D eigenvalue weighted by atomic mass is 10.2. The zero-order valence-corrected chi connectivity index (χ0v) is 6.56. The number of aromatic amines is 1. The Morgan fingerprint density at radius 3 is 2.91 bits per heavy atom. The van der Waals surface area contributed by atoms with Gasteiger partial charge in [-0.25, -0.2) is 0 Å². The molecule has 0 unspecified atom stereocenters. The number of carbonyl (C=O) groups excluding carboxylic acids is 1. The van der Waals surface area contributed by atoms with Gasteiger partial charge in [-0.15, -0.1) is 0 Å². The molecule has 1 aromatic rings. The number of hydrogen-bond acceptors (Lipinski definition) is 1. The van der Waals surface area contributed by atoms with E-state index in [1.807, 2.05) is 19.9 Å². The SMILES string of the molecule is Cc1cc2c([nH]1)[C@@H](C)NC2=O. The summed E-state index contributed by atoms with van der Waals surface area (Å²) in [6.07, 6.45) is 0. The lowest BCUT2D eigenvalue weighted by Crippen LogP contribution is -2.17. The molecule has 0 spiro atoms. The Bertz CT molecular complexity index is 314. The molecule has 0 aromatic carbocycles. The molecule has 1 amide bonds. The fourth-order valence-corrected chi connectivity index (χ4v) is 1.49. The van der Waals surface area contributed by atoms with Gasteiger partial charge in [-0.2, -0.15) is 0 Å². The van der Waals surface area contributed by atoms with Crippen LogP contribution < -0.4 is 5.32 Å². The Balaban J connectivity index is 2.58. The average molecular weight is 150 g/mol. The minimum absolute atomic E-state index is 0.0388. The highest BCUT2D eigenvalue weighted by atomic mass is 16.2. The van der Waals surface area contributed by atoms with Gasteiger partial charge in [0, 0.05) is 5.69 Å². The fourth-order valence-electron chi connectivity index (χ4n) is 1.49. The normalized spacial score (nSPS) is 21.6. The zero-order valence-electron chi connectivity index (χ0n) is 6.56. The lowest BCUT2D eigenvalue weighted by molar-refractivity contribution is 0.0958. The molecule has 1 aliphatic heterocycles. The summed E-state index contributed by atoms with van der Waals surface area (Å²) in [5, 5.41) is 2.82. The van der Waals surface area contributed by atoms with E-state index in [9.17, 15) is 4.79 Å². The maximum atomic E-state index is 11.2. The van der Waals surface area contributed by atoms with Crippen LogP contribution in [0.5, 0.6) is 0 Å². The maximum absolute atomic E-state index is 11.2. The molecular formula is C8H10N2O. The van der Waals surface area contributed by atoms with Crippen molar-refractivity contribution in [2.45, 2.75) is 19.9 Å². The number of fused-ring (bicyclic) bond motifs is 1. The molecule has 1 atom stereocenters. The summed E-state index contributed by atoms with van der Waals surface area (Å²) in [4.78, 5) is 14.3. The molecule has 3 heteroatoms. The van der Waals surface area contributed by atoms with E-state index < -0.39 is 0 Å². The molecule has 1 aliphatic rings. The van der Waals surface area contributed by atoms with Gasteiger partial charge in [0.15, 0.2) is 0 Å². The quantitative estimate of drug-likeness (QED) is 0.572. The van der Waals surface area contributed by atoms with Crippen molar-refractivity contribution in [2.75, 3.05) is 0 Å². The number of nitrogens with one attached hydrogen (secondary N) is 2.